The van der Waals surface area contributed by atoms with Crippen LogP contribution in [0.5, 0.6) is 0 Å². The fourth-order valence-electron chi connectivity index (χ4n) is 4.61. The minimum Gasteiger partial charge on any atom is -0.467 e. The molecule has 33 heavy (non-hydrogen) atoms. The zero-order valence-corrected chi connectivity index (χ0v) is 20.5. The fraction of sp³-hybridized carbons (Fsp3) is 0.200. The van der Waals surface area contributed by atoms with Gasteiger partial charge in [-0.05, 0) is 74.1 Å². The molecule has 5 rings (SSSR count). The van der Waals surface area contributed by atoms with E-state index in [0.717, 1.165) is 34.1 Å². The zero-order valence-electron chi connectivity index (χ0n) is 18.1. The summed E-state index contributed by atoms with van der Waals surface area (Å²) >= 11 is 18.7. The number of pyridine rings is 1. The van der Waals surface area contributed by atoms with Gasteiger partial charge in [0.1, 0.15) is 5.76 Å². The lowest BCUT2D eigenvalue weighted by Crippen LogP contribution is -2.29. The lowest BCUT2D eigenvalue weighted by Gasteiger charge is -2.27. The average molecular weight is 497 g/mol. The molecule has 2 atom stereocenters. The molecule has 0 unspecified atom stereocenters. The second kappa shape index (κ2) is 8.86. The van der Waals surface area contributed by atoms with Crippen molar-refractivity contribution >= 4 is 40.5 Å². The van der Waals surface area contributed by atoms with Crippen LogP contribution >= 0.6 is 35.4 Å². The van der Waals surface area contributed by atoms with Gasteiger partial charge in [0.15, 0.2) is 5.11 Å². The molecule has 5 nitrogen and oxygen atoms in total. The summed E-state index contributed by atoms with van der Waals surface area (Å²) in [6, 6.07) is 17.5. The molecule has 1 aromatic carbocycles. The van der Waals surface area contributed by atoms with Crippen LogP contribution in [0.1, 0.15) is 40.5 Å². The Bertz CT molecular complexity index is 1300. The molecule has 3 aromatic heterocycles. The highest BCUT2D eigenvalue weighted by Gasteiger charge is 2.41. The van der Waals surface area contributed by atoms with Crippen molar-refractivity contribution in [2.45, 2.75) is 32.5 Å². The molecular formula is C25H22Cl2N4OS. The van der Waals surface area contributed by atoms with Gasteiger partial charge in [0.05, 0.1) is 46.3 Å². The van der Waals surface area contributed by atoms with Crippen molar-refractivity contribution in [3.8, 4) is 5.69 Å². The number of nitrogens with one attached hydrogen (secondary N) is 1. The van der Waals surface area contributed by atoms with E-state index in [1.807, 2.05) is 42.5 Å². The van der Waals surface area contributed by atoms with Crippen molar-refractivity contribution < 1.29 is 4.42 Å². The second-order valence-electron chi connectivity index (χ2n) is 8.07. The quantitative estimate of drug-likeness (QED) is 0.317. The molecule has 1 saturated heterocycles. The zero-order chi connectivity index (χ0) is 23.1. The van der Waals surface area contributed by atoms with Crippen LogP contribution in [0.3, 0.4) is 0 Å². The largest absolute Gasteiger partial charge is 0.467 e. The lowest BCUT2D eigenvalue weighted by atomic mass is 9.96. The Morgan fingerprint density at radius 2 is 1.94 bits per heavy atom. The minimum absolute atomic E-state index is 0.0876. The first-order valence-electron chi connectivity index (χ1n) is 10.6. The molecule has 1 aliphatic heterocycles. The van der Waals surface area contributed by atoms with Crippen molar-refractivity contribution in [1.29, 1.82) is 0 Å². The third kappa shape index (κ3) is 3.92. The summed E-state index contributed by atoms with van der Waals surface area (Å²) in [6.07, 6.45) is 3.49. The van der Waals surface area contributed by atoms with Crippen LogP contribution in [-0.2, 0) is 6.54 Å². The number of rotatable bonds is 5. The van der Waals surface area contributed by atoms with Gasteiger partial charge in [-0.3, -0.25) is 4.98 Å². The molecule has 4 heterocycles. The summed E-state index contributed by atoms with van der Waals surface area (Å²) < 4.78 is 7.79. The monoisotopic (exact) mass is 496 g/mol. The first-order valence-corrected chi connectivity index (χ1v) is 11.8. The molecule has 1 aliphatic rings. The number of hydrogen-bond donors (Lipinski definition) is 1. The SMILES string of the molecule is Cc1cc([C@@H]2[C@H](c3ccccn3)NC(=S)N2Cc2ccco2)c(C)n1-c1cccc(Cl)c1Cl. The third-order valence-electron chi connectivity index (χ3n) is 6.07. The van der Waals surface area contributed by atoms with E-state index in [1.54, 1.807) is 18.5 Å². The average Bonchev–Trinajstić information content (AvgIpc) is 3.51. The van der Waals surface area contributed by atoms with E-state index in [4.69, 9.17) is 39.8 Å². The number of hydrogen-bond acceptors (Lipinski definition) is 3. The minimum atomic E-state index is -0.113. The third-order valence-corrected chi connectivity index (χ3v) is 7.23. The smallest absolute Gasteiger partial charge is 0.170 e. The molecule has 0 aliphatic carbocycles. The predicted octanol–water partition coefficient (Wildman–Crippen LogP) is 6.56. The number of nitrogens with zero attached hydrogens (tertiary/aromatic N) is 3. The first kappa shape index (κ1) is 22.0. The van der Waals surface area contributed by atoms with Gasteiger partial charge < -0.3 is 19.2 Å². The van der Waals surface area contributed by atoms with E-state index in [-0.39, 0.29) is 12.1 Å². The molecule has 1 fully saturated rings. The van der Waals surface area contributed by atoms with Crippen LogP contribution in [0, 0.1) is 13.8 Å². The molecular weight excluding hydrogens is 475 g/mol. The highest BCUT2D eigenvalue weighted by atomic mass is 35.5. The molecule has 168 valence electrons. The van der Waals surface area contributed by atoms with Crippen molar-refractivity contribution in [2.24, 2.45) is 0 Å². The summed E-state index contributed by atoms with van der Waals surface area (Å²) in [5.74, 6) is 0.845. The summed E-state index contributed by atoms with van der Waals surface area (Å²) in [6.45, 7) is 4.72. The standard InChI is InChI=1S/C25H22Cl2N4OS/c1-15-13-18(16(2)31(15)21-10-5-8-19(26)22(21)27)24-23(20-9-3-4-11-28-20)29-25(33)30(24)14-17-7-6-12-32-17/h3-13,23-24H,14H2,1-2H3,(H,29,33)/t23-,24+/m0/s1. The fourth-order valence-corrected chi connectivity index (χ4v) is 5.29. The van der Waals surface area contributed by atoms with E-state index in [1.165, 1.54) is 0 Å². The highest BCUT2D eigenvalue weighted by Crippen LogP contribution is 2.43. The molecule has 4 aromatic rings. The van der Waals surface area contributed by atoms with Gasteiger partial charge >= 0.3 is 0 Å². The van der Waals surface area contributed by atoms with Crippen molar-refractivity contribution in [1.82, 2.24) is 19.8 Å². The van der Waals surface area contributed by atoms with E-state index >= 15 is 0 Å². The van der Waals surface area contributed by atoms with E-state index in [0.29, 0.717) is 21.7 Å². The van der Waals surface area contributed by atoms with Gasteiger partial charge in [-0.1, -0.05) is 35.3 Å². The van der Waals surface area contributed by atoms with Crippen LogP contribution < -0.4 is 5.32 Å². The van der Waals surface area contributed by atoms with E-state index < -0.39 is 0 Å². The summed E-state index contributed by atoms with van der Waals surface area (Å²) in [5.41, 5.74) is 5.04. The molecule has 1 N–H and O–H groups in total. The normalized spacial score (nSPS) is 18.1. The first-order chi connectivity index (χ1) is 16.0. The van der Waals surface area contributed by atoms with Gasteiger partial charge in [0.2, 0.25) is 0 Å². The van der Waals surface area contributed by atoms with Crippen LogP contribution in [-0.4, -0.2) is 19.6 Å². The maximum Gasteiger partial charge on any atom is 0.170 e. The number of aromatic nitrogens is 2. The molecule has 0 saturated carbocycles. The second-order valence-corrected chi connectivity index (χ2v) is 9.24. The van der Waals surface area contributed by atoms with Crippen LogP contribution in [0.15, 0.2) is 71.5 Å². The molecule has 0 radical (unpaired) electrons. The van der Waals surface area contributed by atoms with Gasteiger partial charge in [0, 0.05) is 17.6 Å². The van der Waals surface area contributed by atoms with E-state index in [2.05, 4.69) is 39.7 Å². The number of benzene rings is 1. The molecule has 0 amide bonds. The van der Waals surface area contributed by atoms with Crippen LogP contribution in [0.2, 0.25) is 10.0 Å². The number of aryl methyl sites for hydroxylation is 1. The van der Waals surface area contributed by atoms with Gasteiger partial charge in [-0.25, -0.2) is 0 Å². The lowest BCUT2D eigenvalue weighted by molar-refractivity contribution is 0.286. The Balaban J connectivity index is 1.65. The maximum absolute atomic E-state index is 6.59. The van der Waals surface area contributed by atoms with Crippen molar-refractivity contribution in [3.63, 3.8) is 0 Å². The van der Waals surface area contributed by atoms with Crippen molar-refractivity contribution in [3.05, 3.63) is 106 Å². The molecule has 0 spiro atoms. The van der Waals surface area contributed by atoms with Gasteiger partial charge in [-0.2, -0.15) is 0 Å². The number of halogens is 2. The Hall–Kier alpha value is -2.80. The van der Waals surface area contributed by atoms with Gasteiger partial charge in [-0.15, -0.1) is 0 Å². The Kier molecular flexibility index (Phi) is 5.91. The maximum atomic E-state index is 6.59. The van der Waals surface area contributed by atoms with E-state index in [9.17, 15) is 0 Å². The van der Waals surface area contributed by atoms with Gasteiger partial charge in [0.25, 0.3) is 0 Å². The van der Waals surface area contributed by atoms with Crippen LogP contribution in [0.25, 0.3) is 5.69 Å². The van der Waals surface area contributed by atoms with Crippen LogP contribution in [0.4, 0.5) is 0 Å². The van der Waals surface area contributed by atoms with Crippen molar-refractivity contribution in [2.75, 3.05) is 0 Å². The molecule has 8 heteroatoms. The Labute approximate surface area is 207 Å². The summed E-state index contributed by atoms with van der Waals surface area (Å²) in [7, 11) is 0. The summed E-state index contributed by atoms with van der Waals surface area (Å²) in [4.78, 5) is 6.79. The molecule has 0 bridgehead atoms. The predicted molar refractivity (Wildman–Crippen MR) is 135 cm³/mol. The Morgan fingerprint density at radius 1 is 1.09 bits per heavy atom. The summed E-state index contributed by atoms with van der Waals surface area (Å²) in [5, 5.41) is 5.21. The topological polar surface area (TPSA) is 46.2 Å². The number of thiocarbonyl (C=S) groups is 1. The Morgan fingerprint density at radius 3 is 2.67 bits per heavy atom. The number of furan rings is 1. The highest BCUT2D eigenvalue weighted by molar-refractivity contribution is 7.80.